The van der Waals surface area contributed by atoms with E-state index in [9.17, 15) is 14.7 Å². The molecule has 5 rings (SSSR count). The van der Waals surface area contributed by atoms with Crippen LogP contribution in [0.15, 0.2) is 78.9 Å². The SMILES string of the molecule is COC(=O)[C@H](Cc1ccccc1)NC(=O)Nc1ccc([C@@H]2O[C@H](CN3CCCCCCC3)C[C@H](c3ccc(CO)cc3)O2)cc1. The Morgan fingerprint density at radius 2 is 1.53 bits per heavy atom. The number of benzene rings is 3. The second-order valence-corrected chi connectivity index (χ2v) is 11.9. The number of urea groups is 1. The highest BCUT2D eigenvalue weighted by atomic mass is 16.7. The number of carbonyl (C=O) groups excluding carboxylic acids is 2. The standard InChI is InChI=1S/C36H45N3O6/c1-43-34(41)32(22-26-10-6-5-7-11-26)38-36(42)37-30-18-16-29(17-19-30)35-44-31(24-39-20-8-3-2-4-9-21-39)23-33(45-35)28-14-12-27(25-40)13-15-28/h5-7,10-19,31-33,35,40H,2-4,8-9,20-25H2,1H3,(H2,37,38,42)/t31-,32-,33+,35+/m0/s1. The topological polar surface area (TPSA) is 109 Å². The molecule has 0 saturated carbocycles. The number of methoxy groups -OCH3 is 1. The van der Waals surface area contributed by atoms with Crippen molar-refractivity contribution >= 4 is 17.7 Å². The Labute approximate surface area is 265 Å². The van der Waals surface area contributed by atoms with Crippen LogP contribution in [0, 0.1) is 0 Å². The van der Waals surface area contributed by atoms with Gasteiger partial charge in [-0.05, 0) is 54.8 Å². The fourth-order valence-corrected chi connectivity index (χ4v) is 6.05. The van der Waals surface area contributed by atoms with Gasteiger partial charge in [0.1, 0.15) is 6.04 Å². The zero-order chi connectivity index (χ0) is 31.4. The summed E-state index contributed by atoms with van der Waals surface area (Å²) in [4.78, 5) is 27.7. The first kappa shape index (κ1) is 32.6. The molecule has 0 aromatic heterocycles. The third-order valence-corrected chi connectivity index (χ3v) is 8.54. The van der Waals surface area contributed by atoms with Gasteiger partial charge in [0.15, 0.2) is 6.29 Å². The summed E-state index contributed by atoms with van der Waals surface area (Å²) in [7, 11) is 1.31. The lowest BCUT2D eigenvalue weighted by Gasteiger charge is -2.38. The number of ether oxygens (including phenoxy) is 3. The van der Waals surface area contributed by atoms with Crippen molar-refractivity contribution < 1.29 is 28.9 Å². The van der Waals surface area contributed by atoms with Crippen molar-refractivity contribution in [2.45, 2.75) is 76.1 Å². The highest BCUT2D eigenvalue weighted by molar-refractivity contribution is 5.92. The van der Waals surface area contributed by atoms with E-state index in [0.717, 1.165) is 48.3 Å². The van der Waals surface area contributed by atoms with Crippen LogP contribution in [0.25, 0.3) is 0 Å². The van der Waals surface area contributed by atoms with Crippen LogP contribution in [0.3, 0.4) is 0 Å². The van der Waals surface area contributed by atoms with Gasteiger partial charge in [-0.25, -0.2) is 9.59 Å². The number of nitrogens with one attached hydrogen (secondary N) is 2. The largest absolute Gasteiger partial charge is 0.467 e. The Morgan fingerprint density at radius 3 is 2.20 bits per heavy atom. The van der Waals surface area contributed by atoms with Crippen molar-refractivity contribution in [3.63, 3.8) is 0 Å². The van der Waals surface area contributed by atoms with E-state index >= 15 is 0 Å². The quantitative estimate of drug-likeness (QED) is 0.244. The van der Waals surface area contributed by atoms with Crippen LogP contribution in [0.2, 0.25) is 0 Å². The minimum absolute atomic E-state index is 0.00387. The van der Waals surface area contributed by atoms with E-state index in [-0.39, 0.29) is 18.8 Å². The Morgan fingerprint density at radius 1 is 0.867 bits per heavy atom. The van der Waals surface area contributed by atoms with Crippen LogP contribution in [0.4, 0.5) is 10.5 Å². The van der Waals surface area contributed by atoms with Gasteiger partial charge in [0, 0.05) is 30.6 Å². The van der Waals surface area contributed by atoms with Gasteiger partial charge in [-0.1, -0.05) is 86.0 Å². The summed E-state index contributed by atoms with van der Waals surface area (Å²) in [6.07, 6.45) is 6.65. The van der Waals surface area contributed by atoms with Crippen LogP contribution in [-0.2, 0) is 32.0 Å². The van der Waals surface area contributed by atoms with Crippen molar-refractivity contribution in [1.29, 1.82) is 0 Å². The molecule has 2 aliphatic rings. The van der Waals surface area contributed by atoms with Gasteiger partial charge >= 0.3 is 12.0 Å². The van der Waals surface area contributed by atoms with E-state index in [1.807, 2.05) is 66.7 Å². The predicted molar refractivity (Wildman–Crippen MR) is 172 cm³/mol. The van der Waals surface area contributed by atoms with Crippen LogP contribution < -0.4 is 10.6 Å². The van der Waals surface area contributed by atoms with Crippen molar-refractivity contribution in [2.75, 3.05) is 32.1 Å². The normalized spacial score (nSPS) is 21.6. The molecule has 0 aliphatic carbocycles. The van der Waals surface area contributed by atoms with Gasteiger partial charge in [-0.15, -0.1) is 0 Å². The molecule has 9 heteroatoms. The van der Waals surface area contributed by atoms with E-state index in [2.05, 4.69) is 15.5 Å². The van der Waals surface area contributed by atoms with Crippen molar-refractivity contribution in [2.24, 2.45) is 0 Å². The summed E-state index contributed by atoms with van der Waals surface area (Å²) in [6, 6.07) is 23.5. The number of nitrogens with zero attached hydrogens (tertiary/aromatic N) is 1. The van der Waals surface area contributed by atoms with Crippen LogP contribution >= 0.6 is 0 Å². The van der Waals surface area contributed by atoms with Crippen LogP contribution in [0.1, 0.15) is 73.2 Å². The number of aliphatic hydroxyl groups excluding tert-OH is 1. The summed E-state index contributed by atoms with van der Waals surface area (Å²) < 4.78 is 18.0. The number of likely N-dealkylation sites (tertiary alicyclic amines) is 1. The highest BCUT2D eigenvalue weighted by Crippen LogP contribution is 2.38. The van der Waals surface area contributed by atoms with E-state index in [0.29, 0.717) is 12.1 Å². The molecule has 3 N–H and O–H groups in total. The van der Waals surface area contributed by atoms with E-state index < -0.39 is 24.3 Å². The molecule has 2 aliphatic heterocycles. The summed E-state index contributed by atoms with van der Waals surface area (Å²) in [5.74, 6) is -0.512. The number of hydrogen-bond acceptors (Lipinski definition) is 7. The van der Waals surface area contributed by atoms with E-state index in [1.54, 1.807) is 12.1 Å². The predicted octanol–water partition coefficient (Wildman–Crippen LogP) is 5.90. The number of carbonyl (C=O) groups is 2. The average Bonchev–Trinajstić information content (AvgIpc) is 3.06. The summed E-state index contributed by atoms with van der Waals surface area (Å²) in [5.41, 5.74) is 4.27. The molecule has 0 unspecified atom stereocenters. The van der Waals surface area contributed by atoms with E-state index in [1.165, 1.54) is 39.2 Å². The molecule has 2 heterocycles. The molecule has 240 valence electrons. The number of hydrogen-bond donors (Lipinski definition) is 3. The fourth-order valence-electron chi connectivity index (χ4n) is 6.05. The molecule has 0 radical (unpaired) electrons. The number of aliphatic hydroxyl groups is 1. The minimum atomic E-state index is -0.824. The van der Waals surface area contributed by atoms with Crippen LogP contribution in [-0.4, -0.2) is 60.9 Å². The Bertz CT molecular complexity index is 1340. The lowest BCUT2D eigenvalue weighted by atomic mass is 9.99. The first-order valence-electron chi connectivity index (χ1n) is 16.0. The molecular formula is C36H45N3O6. The maximum Gasteiger partial charge on any atom is 0.328 e. The molecule has 3 aromatic rings. The molecule has 0 spiro atoms. The number of amides is 2. The summed E-state index contributed by atoms with van der Waals surface area (Å²) >= 11 is 0. The second kappa shape index (κ2) is 16.5. The fraction of sp³-hybridized carbons (Fsp3) is 0.444. The second-order valence-electron chi connectivity index (χ2n) is 11.9. The summed E-state index contributed by atoms with van der Waals surface area (Å²) in [5, 5.41) is 15.1. The zero-order valence-electron chi connectivity index (χ0n) is 26.0. The van der Waals surface area contributed by atoms with Crippen molar-refractivity contribution in [3.05, 3.63) is 101 Å². The Hall–Kier alpha value is -3.76. The molecule has 4 atom stereocenters. The first-order valence-corrected chi connectivity index (χ1v) is 16.0. The third kappa shape index (κ3) is 9.61. The Balaban J connectivity index is 1.25. The van der Waals surface area contributed by atoms with Gasteiger partial charge in [-0.3, -0.25) is 0 Å². The average molecular weight is 616 g/mol. The van der Waals surface area contributed by atoms with Gasteiger partial charge in [-0.2, -0.15) is 0 Å². The maximum absolute atomic E-state index is 12.8. The lowest BCUT2D eigenvalue weighted by Crippen LogP contribution is -2.45. The molecule has 2 saturated heterocycles. The maximum atomic E-state index is 12.8. The molecule has 45 heavy (non-hydrogen) atoms. The van der Waals surface area contributed by atoms with E-state index in [4.69, 9.17) is 14.2 Å². The highest BCUT2D eigenvalue weighted by Gasteiger charge is 2.33. The van der Waals surface area contributed by atoms with Gasteiger partial charge in [0.05, 0.1) is 25.9 Å². The molecule has 2 fully saturated rings. The number of esters is 1. The minimum Gasteiger partial charge on any atom is -0.467 e. The smallest absolute Gasteiger partial charge is 0.328 e. The van der Waals surface area contributed by atoms with Crippen molar-refractivity contribution in [1.82, 2.24) is 10.2 Å². The molecule has 2 amide bonds. The molecule has 9 nitrogen and oxygen atoms in total. The third-order valence-electron chi connectivity index (χ3n) is 8.54. The molecular weight excluding hydrogens is 570 g/mol. The lowest BCUT2D eigenvalue weighted by molar-refractivity contribution is -0.253. The van der Waals surface area contributed by atoms with Crippen LogP contribution in [0.5, 0.6) is 0 Å². The monoisotopic (exact) mass is 615 g/mol. The molecule has 3 aromatic carbocycles. The first-order chi connectivity index (χ1) is 22.0. The number of anilines is 1. The summed E-state index contributed by atoms with van der Waals surface area (Å²) in [6.45, 7) is 3.04. The van der Waals surface area contributed by atoms with Gasteiger partial charge < -0.3 is 34.9 Å². The van der Waals surface area contributed by atoms with Crippen molar-refractivity contribution in [3.8, 4) is 0 Å². The number of rotatable bonds is 10. The van der Waals surface area contributed by atoms with Gasteiger partial charge in [0.2, 0.25) is 0 Å². The Kier molecular flexibility index (Phi) is 12.0. The zero-order valence-corrected chi connectivity index (χ0v) is 26.0. The molecule has 0 bridgehead atoms. The van der Waals surface area contributed by atoms with Gasteiger partial charge in [0.25, 0.3) is 0 Å².